The first-order valence-electron chi connectivity index (χ1n) is 7.05. The maximum absolute atomic E-state index is 4.41. The van der Waals surface area contributed by atoms with Gasteiger partial charge in [-0.2, -0.15) is 5.10 Å². The normalized spacial score (nSPS) is 19.7. The standard InChI is InChI=1S/C15H25N3/c1-4-18-13(2)15(10-16-18)12-17(3)11-14-8-6-5-7-9-14/h5-6,10,14H,4,7-9,11-12H2,1-3H3/t14-/m0/s1. The lowest BCUT2D eigenvalue weighted by molar-refractivity contribution is 0.258. The summed E-state index contributed by atoms with van der Waals surface area (Å²) in [5.41, 5.74) is 2.68. The Morgan fingerprint density at radius 1 is 1.44 bits per heavy atom. The lowest BCUT2D eigenvalue weighted by atomic mass is 9.94. The average Bonchev–Trinajstić information content (AvgIpc) is 2.71. The summed E-state index contributed by atoms with van der Waals surface area (Å²) in [6.07, 6.45) is 10.5. The molecule has 1 aromatic heterocycles. The minimum Gasteiger partial charge on any atom is -0.302 e. The zero-order valence-corrected chi connectivity index (χ0v) is 11.9. The fraction of sp³-hybridized carbons (Fsp3) is 0.667. The minimum absolute atomic E-state index is 0.835. The van der Waals surface area contributed by atoms with Crippen molar-refractivity contribution in [3.63, 3.8) is 0 Å². The smallest absolute Gasteiger partial charge is 0.0537 e. The minimum atomic E-state index is 0.835. The van der Waals surface area contributed by atoms with Crippen LogP contribution in [0.1, 0.15) is 37.4 Å². The second-order valence-electron chi connectivity index (χ2n) is 5.42. The molecule has 0 amide bonds. The molecular formula is C15H25N3. The Hall–Kier alpha value is -1.09. The molecule has 0 radical (unpaired) electrons. The topological polar surface area (TPSA) is 21.1 Å². The van der Waals surface area contributed by atoms with E-state index in [9.17, 15) is 0 Å². The number of aryl methyl sites for hydroxylation is 1. The van der Waals surface area contributed by atoms with Crippen molar-refractivity contribution in [1.82, 2.24) is 14.7 Å². The van der Waals surface area contributed by atoms with E-state index < -0.39 is 0 Å². The van der Waals surface area contributed by atoms with Gasteiger partial charge in [-0.3, -0.25) is 4.68 Å². The summed E-state index contributed by atoms with van der Waals surface area (Å²) in [6, 6.07) is 0. The predicted octanol–water partition coefficient (Wildman–Crippen LogP) is 3.00. The van der Waals surface area contributed by atoms with Gasteiger partial charge in [-0.25, -0.2) is 0 Å². The molecule has 18 heavy (non-hydrogen) atoms. The van der Waals surface area contributed by atoms with E-state index >= 15 is 0 Å². The van der Waals surface area contributed by atoms with Crippen molar-refractivity contribution in [2.45, 2.75) is 46.2 Å². The van der Waals surface area contributed by atoms with Crippen LogP contribution in [0.5, 0.6) is 0 Å². The van der Waals surface area contributed by atoms with E-state index in [1.807, 2.05) is 6.20 Å². The molecule has 0 aromatic carbocycles. The monoisotopic (exact) mass is 247 g/mol. The molecule has 0 saturated carbocycles. The molecule has 1 heterocycles. The molecule has 1 aliphatic carbocycles. The molecule has 3 heteroatoms. The third kappa shape index (κ3) is 3.22. The van der Waals surface area contributed by atoms with Crippen molar-refractivity contribution in [2.75, 3.05) is 13.6 Å². The highest BCUT2D eigenvalue weighted by atomic mass is 15.3. The van der Waals surface area contributed by atoms with Crippen molar-refractivity contribution in [2.24, 2.45) is 5.92 Å². The van der Waals surface area contributed by atoms with E-state index in [1.54, 1.807) is 0 Å². The number of allylic oxidation sites excluding steroid dienone is 2. The summed E-state index contributed by atoms with van der Waals surface area (Å²) in [5.74, 6) is 0.835. The maximum Gasteiger partial charge on any atom is 0.0537 e. The summed E-state index contributed by atoms with van der Waals surface area (Å²) in [7, 11) is 2.22. The maximum atomic E-state index is 4.41. The van der Waals surface area contributed by atoms with Gasteiger partial charge in [-0.05, 0) is 46.1 Å². The molecule has 2 rings (SSSR count). The van der Waals surface area contributed by atoms with Crippen LogP contribution in [0, 0.1) is 12.8 Å². The molecule has 1 atom stereocenters. The van der Waals surface area contributed by atoms with Crippen LogP contribution in [-0.2, 0) is 13.1 Å². The summed E-state index contributed by atoms with van der Waals surface area (Å²) >= 11 is 0. The molecule has 0 fully saturated rings. The van der Waals surface area contributed by atoms with Gasteiger partial charge in [-0.1, -0.05) is 12.2 Å². The van der Waals surface area contributed by atoms with Crippen molar-refractivity contribution >= 4 is 0 Å². The van der Waals surface area contributed by atoms with Crippen LogP contribution in [0.25, 0.3) is 0 Å². The Morgan fingerprint density at radius 2 is 2.28 bits per heavy atom. The highest BCUT2D eigenvalue weighted by Crippen LogP contribution is 2.20. The molecule has 0 unspecified atom stereocenters. The number of nitrogens with zero attached hydrogens (tertiary/aromatic N) is 3. The summed E-state index contributed by atoms with van der Waals surface area (Å²) in [6.45, 7) is 7.49. The molecule has 100 valence electrons. The van der Waals surface area contributed by atoms with Crippen molar-refractivity contribution in [3.8, 4) is 0 Å². The zero-order valence-electron chi connectivity index (χ0n) is 11.9. The van der Waals surface area contributed by atoms with Crippen LogP contribution in [0.3, 0.4) is 0 Å². The summed E-state index contributed by atoms with van der Waals surface area (Å²) < 4.78 is 2.08. The Morgan fingerprint density at radius 3 is 2.89 bits per heavy atom. The lowest BCUT2D eigenvalue weighted by Crippen LogP contribution is -2.26. The third-order valence-corrected chi connectivity index (χ3v) is 3.89. The Kier molecular flexibility index (Phi) is 4.59. The SMILES string of the molecule is CCn1ncc(CN(C)C[C@H]2CC=CCC2)c1C. The first kappa shape index (κ1) is 13.3. The van der Waals surface area contributed by atoms with Crippen LogP contribution in [-0.4, -0.2) is 28.3 Å². The molecule has 3 nitrogen and oxygen atoms in total. The fourth-order valence-corrected chi connectivity index (χ4v) is 2.78. The van der Waals surface area contributed by atoms with Crippen LogP contribution in [0.15, 0.2) is 18.3 Å². The van der Waals surface area contributed by atoms with Gasteiger partial charge in [-0.15, -0.1) is 0 Å². The van der Waals surface area contributed by atoms with E-state index in [0.717, 1.165) is 19.0 Å². The van der Waals surface area contributed by atoms with E-state index in [2.05, 4.69) is 47.7 Å². The average molecular weight is 247 g/mol. The second kappa shape index (κ2) is 6.19. The molecule has 1 aromatic rings. The van der Waals surface area contributed by atoms with Crippen LogP contribution < -0.4 is 0 Å². The van der Waals surface area contributed by atoms with Gasteiger partial charge in [0.15, 0.2) is 0 Å². The van der Waals surface area contributed by atoms with Crippen molar-refractivity contribution in [1.29, 1.82) is 0 Å². The van der Waals surface area contributed by atoms with Gasteiger partial charge in [0.05, 0.1) is 6.20 Å². The van der Waals surface area contributed by atoms with Crippen LogP contribution >= 0.6 is 0 Å². The number of hydrogen-bond acceptors (Lipinski definition) is 2. The van der Waals surface area contributed by atoms with Gasteiger partial charge >= 0.3 is 0 Å². The van der Waals surface area contributed by atoms with Crippen molar-refractivity contribution < 1.29 is 0 Å². The number of hydrogen-bond donors (Lipinski definition) is 0. The second-order valence-corrected chi connectivity index (χ2v) is 5.42. The van der Waals surface area contributed by atoms with E-state index in [1.165, 1.54) is 37.1 Å². The van der Waals surface area contributed by atoms with E-state index in [-0.39, 0.29) is 0 Å². The molecule has 0 aliphatic heterocycles. The third-order valence-electron chi connectivity index (χ3n) is 3.89. The van der Waals surface area contributed by atoms with Gasteiger partial charge in [0, 0.05) is 30.9 Å². The first-order valence-corrected chi connectivity index (χ1v) is 7.05. The zero-order chi connectivity index (χ0) is 13.0. The number of rotatable bonds is 5. The van der Waals surface area contributed by atoms with Crippen molar-refractivity contribution in [3.05, 3.63) is 29.6 Å². The van der Waals surface area contributed by atoms with Crippen LogP contribution in [0.4, 0.5) is 0 Å². The Labute approximate surface area is 110 Å². The highest BCUT2D eigenvalue weighted by Gasteiger charge is 2.14. The Bertz CT molecular complexity index is 406. The van der Waals surface area contributed by atoms with E-state index in [0.29, 0.717) is 0 Å². The predicted molar refractivity (Wildman–Crippen MR) is 75.5 cm³/mol. The first-order chi connectivity index (χ1) is 8.70. The fourth-order valence-electron chi connectivity index (χ4n) is 2.78. The van der Waals surface area contributed by atoms with Gasteiger partial charge < -0.3 is 4.90 Å². The summed E-state index contributed by atoms with van der Waals surface area (Å²) in [4.78, 5) is 2.44. The quantitative estimate of drug-likeness (QED) is 0.746. The van der Waals surface area contributed by atoms with Crippen LogP contribution in [0.2, 0.25) is 0 Å². The Balaban J connectivity index is 1.88. The van der Waals surface area contributed by atoms with Gasteiger partial charge in [0.2, 0.25) is 0 Å². The molecule has 0 bridgehead atoms. The largest absolute Gasteiger partial charge is 0.302 e. The number of aromatic nitrogens is 2. The lowest BCUT2D eigenvalue weighted by Gasteiger charge is -2.24. The highest BCUT2D eigenvalue weighted by molar-refractivity contribution is 5.15. The molecule has 1 aliphatic rings. The molecule has 0 saturated heterocycles. The summed E-state index contributed by atoms with van der Waals surface area (Å²) in [5, 5.41) is 4.41. The van der Waals surface area contributed by atoms with Gasteiger partial charge in [0.1, 0.15) is 0 Å². The molecule has 0 N–H and O–H groups in total. The molecule has 0 spiro atoms. The molecular weight excluding hydrogens is 222 g/mol. The van der Waals surface area contributed by atoms with E-state index in [4.69, 9.17) is 0 Å². The van der Waals surface area contributed by atoms with Gasteiger partial charge in [0.25, 0.3) is 0 Å².